The van der Waals surface area contributed by atoms with Gasteiger partial charge in [0.25, 0.3) is 5.91 Å². The molecule has 0 radical (unpaired) electrons. The smallest absolute Gasteiger partial charge is 0.292 e. The zero-order chi connectivity index (χ0) is 14.0. The van der Waals surface area contributed by atoms with Crippen molar-refractivity contribution in [1.29, 1.82) is 0 Å². The van der Waals surface area contributed by atoms with Crippen molar-refractivity contribution in [1.82, 2.24) is 15.2 Å². The second-order valence-electron chi connectivity index (χ2n) is 4.04. The van der Waals surface area contributed by atoms with Crippen LogP contribution >= 0.6 is 0 Å². The number of hydrogen-bond acceptors (Lipinski definition) is 5. The van der Waals surface area contributed by atoms with Gasteiger partial charge < -0.3 is 5.32 Å². The van der Waals surface area contributed by atoms with Crippen LogP contribution in [0.25, 0.3) is 0 Å². The molecule has 7 nitrogen and oxygen atoms in total. The molecule has 8 heteroatoms. The molecule has 0 aliphatic rings. The molecule has 0 saturated carbocycles. The van der Waals surface area contributed by atoms with Crippen LogP contribution in [0.4, 0.5) is 5.69 Å². The minimum Gasteiger partial charge on any atom is -0.319 e. The Morgan fingerprint density at radius 1 is 1.37 bits per heavy atom. The van der Waals surface area contributed by atoms with Gasteiger partial charge in [-0.1, -0.05) is 6.07 Å². The number of carbonyl (C=O) groups is 1. The largest absolute Gasteiger partial charge is 0.319 e. The van der Waals surface area contributed by atoms with E-state index in [-0.39, 0.29) is 10.7 Å². The van der Waals surface area contributed by atoms with Crippen molar-refractivity contribution in [3.8, 4) is 0 Å². The molecule has 2 rings (SSSR count). The molecule has 1 heterocycles. The van der Waals surface area contributed by atoms with E-state index in [0.29, 0.717) is 5.69 Å². The molecule has 0 unspecified atom stereocenters. The van der Waals surface area contributed by atoms with Crippen molar-refractivity contribution in [2.24, 2.45) is 0 Å². The summed E-state index contributed by atoms with van der Waals surface area (Å²) in [4.78, 5) is 15.7. The fraction of sp³-hybridized carbons (Fsp3) is 0.182. The van der Waals surface area contributed by atoms with Gasteiger partial charge in [-0.15, -0.1) is 0 Å². The van der Waals surface area contributed by atoms with Crippen molar-refractivity contribution in [2.45, 2.75) is 11.8 Å². The molecule has 0 bridgehead atoms. The number of aryl methyl sites for hydroxylation is 1. The Morgan fingerprint density at radius 2 is 2.11 bits per heavy atom. The molecule has 0 aliphatic carbocycles. The van der Waals surface area contributed by atoms with Crippen LogP contribution in [0.15, 0.2) is 29.4 Å². The average molecular weight is 280 g/mol. The molecule has 1 amide bonds. The highest BCUT2D eigenvalue weighted by Crippen LogP contribution is 2.20. The molecular weight excluding hydrogens is 268 g/mol. The van der Waals surface area contributed by atoms with Gasteiger partial charge in [0.2, 0.25) is 5.82 Å². The number of rotatable bonds is 3. The van der Waals surface area contributed by atoms with Crippen molar-refractivity contribution in [3.05, 3.63) is 35.9 Å². The van der Waals surface area contributed by atoms with Crippen LogP contribution in [-0.2, 0) is 9.84 Å². The minimum absolute atomic E-state index is 0.0594. The third-order valence-corrected chi connectivity index (χ3v) is 3.63. The molecule has 0 atom stereocenters. The van der Waals surface area contributed by atoms with E-state index in [1.807, 2.05) is 0 Å². The molecule has 100 valence electrons. The average Bonchev–Trinajstić information content (AvgIpc) is 2.84. The fourth-order valence-corrected chi connectivity index (χ4v) is 2.11. The van der Waals surface area contributed by atoms with Gasteiger partial charge in [0.15, 0.2) is 9.84 Å². The number of H-pyrrole nitrogens is 1. The summed E-state index contributed by atoms with van der Waals surface area (Å²) in [5, 5.41) is 8.59. The predicted octanol–water partition coefficient (Wildman–Crippen LogP) is 0.769. The number of aromatic nitrogens is 3. The lowest BCUT2D eigenvalue weighted by Gasteiger charge is -2.08. The molecule has 1 aromatic carbocycles. The van der Waals surface area contributed by atoms with E-state index in [1.54, 1.807) is 13.0 Å². The van der Waals surface area contributed by atoms with E-state index in [1.165, 1.54) is 18.5 Å². The number of benzene rings is 1. The van der Waals surface area contributed by atoms with Crippen LogP contribution in [0.5, 0.6) is 0 Å². The van der Waals surface area contributed by atoms with Crippen LogP contribution in [0.1, 0.15) is 16.2 Å². The molecule has 0 aliphatic heterocycles. The number of sulfone groups is 1. The number of aromatic amines is 1. The highest BCUT2D eigenvalue weighted by atomic mass is 32.2. The van der Waals surface area contributed by atoms with Crippen LogP contribution in [-0.4, -0.2) is 35.8 Å². The maximum Gasteiger partial charge on any atom is 0.292 e. The summed E-state index contributed by atoms with van der Waals surface area (Å²) in [5.41, 5.74) is 1.17. The number of nitrogens with one attached hydrogen (secondary N) is 2. The van der Waals surface area contributed by atoms with Gasteiger partial charge in [0, 0.05) is 11.9 Å². The van der Waals surface area contributed by atoms with Gasteiger partial charge in [0.1, 0.15) is 6.33 Å². The number of nitrogens with zero attached hydrogens (tertiary/aromatic N) is 2. The maximum absolute atomic E-state index is 11.8. The number of anilines is 1. The van der Waals surface area contributed by atoms with E-state index >= 15 is 0 Å². The van der Waals surface area contributed by atoms with Gasteiger partial charge >= 0.3 is 0 Å². The van der Waals surface area contributed by atoms with Crippen molar-refractivity contribution in [2.75, 3.05) is 11.6 Å². The Morgan fingerprint density at radius 3 is 2.68 bits per heavy atom. The first-order valence-corrected chi connectivity index (χ1v) is 7.24. The molecule has 0 spiro atoms. The van der Waals surface area contributed by atoms with Gasteiger partial charge in [-0.05, 0) is 24.6 Å². The third-order valence-electron chi connectivity index (χ3n) is 2.52. The SMILES string of the molecule is Cc1ccc(S(C)(=O)=O)cc1NC(=O)c1ncn[nH]1. The Bertz CT molecular complexity index is 708. The van der Waals surface area contributed by atoms with Gasteiger partial charge in [-0.25, -0.2) is 13.4 Å². The lowest BCUT2D eigenvalue weighted by atomic mass is 10.2. The Labute approximate surface area is 110 Å². The predicted molar refractivity (Wildman–Crippen MR) is 68.6 cm³/mol. The van der Waals surface area contributed by atoms with Crippen LogP contribution < -0.4 is 5.32 Å². The number of carbonyl (C=O) groups excluding carboxylic acids is 1. The second kappa shape index (κ2) is 4.81. The third kappa shape index (κ3) is 2.97. The van der Waals surface area contributed by atoms with Crippen molar-refractivity contribution < 1.29 is 13.2 Å². The summed E-state index contributed by atoms with van der Waals surface area (Å²) in [6, 6.07) is 4.54. The van der Waals surface area contributed by atoms with E-state index < -0.39 is 15.7 Å². The van der Waals surface area contributed by atoms with Crippen LogP contribution in [0, 0.1) is 6.92 Å². The molecule has 0 saturated heterocycles. The van der Waals surface area contributed by atoms with E-state index in [2.05, 4.69) is 20.5 Å². The lowest BCUT2D eigenvalue weighted by Crippen LogP contribution is -2.15. The fourth-order valence-electron chi connectivity index (χ4n) is 1.46. The summed E-state index contributed by atoms with van der Waals surface area (Å²) in [7, 11) is -3.32. The zero-order valence-electron chi connectivity index (χ0n) is 10.3. The normalized spacial score (nSPS) is 11.3. The van der Waals surface area contributed by atoms with Crippen molar-refractivity contribution in [3.63, 3.8) is 0 Å². The quantitative estimate of drug-likeness (QED) is 0.864. The van der Waals surface area contributed by atoms with Gasteiger partial charge in [-0.3, -0.25) is 9.89 Å². The monoisotopic (exact) mass is 280 g/mol. The standard InChI is InChI=1S/C11H12N4O3S/c1-7-3-4-8(19(2,17)18)5-9(7)14-11(16)10-12-6-13-15-10/h3-6H,1-2H3,(H,14,16)(H,12,13,15). The highest BCUT2D eigenvalue weighted by Gasteiger charge is 2.13. The first kappa shape index (κ1) is 13.2. The molecule has 19 heavy (non-hydrogen) atoms. The molecule has 1 aromatic heterocycles. The Balaban J connectivity index is 2.32. The zero-order valence-corrected chi connectivity index (χ0v) is 11.2. The molecule has 0 fully saturated rings. The first-order chi connectivity index (χ1) is 8.88. The van der Waals surface area contributed by atoms with Crippen molar-refractivity contribution >= 4 is 21.4 Å². The Kier molecular flexibility index (Phi) is 3.34. The molecule has 2 aromatic rings. The molecular formula is C11H12N4O3S. The van der Waals surface area contributed by atoms with Gasteiger partial charge in [0.05, 0.1) is 4.90 Å². The van der Waals surface area contributed by atoms with E-state index in [0.717, 1.165) is 11.8 Å². The van der Waals surface area contributed by atoms with Crippen LogP contribution in [0.3, 0.4) is 0 Å². The topological polar surface area (TPSA) is 105 Å². The van der Waals surface area contributed by atoms with E-state index in [4.69, 9.17) is 0 Å². The minimum atomic E-state index is -3.32. The summed E-state index contributed by atoms with van der Waals surface area (Å²) in [6.07, 6.45) is 2.33. The summed E-state index contributed by atoms with van der Waals surface area (Å²) in [6.45, 7) is 1.77. The number of hydrogen-bond donors (Lipinski definition) is 2. The summed E-state index contributed by atoms with van der Waals surface area (Å²) in [5.74, 6) is -0.421. The lowest BCUT2D eigenvalue weighted by molar-refractivity contribution is 0.101. The summed E-state index contributed by atoms with van der Waals surface area (Å²) >= 11 is 0. The second-order valence-corrected chi connectivity index (χ2v) is 6.05. The Hall–Kier alpha value is -2.22. The first-order valence-electron chi connectivity index (χ1n) is 5.35. The van der Waals surface area contributed by atoms with Gasteiger partial charge in [-0.2, -0.15) is 5.10 Å². The van der Waals surface area contributed by atoms with E-state index in [9.17, 15) is 13.2 Å². The molecule has 2 N–H and O–H groups in total. The van der Waals surface area contributed by atoms with Crippen LogP contribution in [0.2, 0.25) is 0 Å². The summed E-state index contributed by atoms with van der Waals surface area (Å²) < 4.78 is 22.9. The number of amides is 1. The maximum atomic E-state index is 11.8. The highest BCUT2D eigenvalue weighted by molar-refractivity contribution is 7.90.